The third-order valence-corrected chi connectivity index (χ3v) is 7.54. The Balaban J connectivity index is 1.88. The predicted octanol–water partition coefficient (Wildman–Crippen LogP) is 5.67. The van der Waals surface area contributed by atoms with Crippen LogP contribution in [0.3, 0.4) is 0 Å². The lowest BCUT2D eigenvalue weighted by Crippen LogP contribution is -2.17. The molecule has 1 unspecified atom stereocenters. The van der Waals surface area contributed by atoms with E-state index in [1.807, 2.05) is 6.92 Å². The largest absolute Gasteiger partial charge is 0.507 e. The Bertz CT molecular complexity index is 1330. The molecule has 0 saturated heterocycles. The minimum absolute atomic E-state index is 0.0518. The van der Waals surface area contributed by atoms with Gasteiger partial charge in [0, 0.05) is 6.07 Å². The Hall–Kier alpha value is -2.89. The van der Waals surface area contributed by atoms with E-state index in [0.717, 1.165) is 5.56 Å². The average molecular weight is 613 g/mol. The van der Waals surface area contributed by atoms with Crippen LogP contribution in [-0.4, -0.2) is 36.9 Å². The standard InChI is InChI=1S/C23H19Br2NO7S/c1-13-3-6-17(7-4-13)34(30,31)21-11-16(5-8-20(21)27)32-22-18(24)9-15(10-19(22)25)12-26-33-14(2)23(28)29/h3-12,14,27H,1-2H3,(H,28,29)/b26-12-. The number of carboxylic acid groups (broad SMARTS) is 1. The highest BCUT2D eigenvalue weighted by atomic mass is 79.9. The van der Waals surface area contributed by atoms with Crippen molar-refractivity contribution in [1.82, 2.24) is 0 Å². The van der Waals surface area contributed by atoms with Crippen LogP contribution in [0.4, 0.5) is 0 Å². The Labute approximate surface area is 213 Å². The van der Waals surface area contributed by atoms with E-state index in [1.165, 1.54) is 43.5 Å². The fourth-order valence-electron chi connectivity index (χ4n) is 2.71. The number of rotatable bonds is 8. The number of sulfone groups is 1. The third-order valence-electron chi connectivity index (χ3n) is 4.56. The lowest BCUT2D eigenvalue weighted by atomic mass is 10.2. The van der Waals surface area contributed by atoms with Crippen LogP contribution in [0, 0.1) is 6.92 Å². The maximum absolute atomic E-state index is 13.0. The lowest BCUT2D eigenvalue weighted by Gasteiger charge is -2.13. The number of oxime groups is 1. The molecule has 3 rings (SSSR count). The van der Waals surface area contributed by atoms with E-state index >= 15 is 0 Å². The number of aryl methyl sites for hydroxylation is 1. The second kappa shape index (κ2) is 10.6. The van der Waals surface area contributed by atoms with Gasteiger partial charge in [-0.1, -0.05) is 22.9 Å². The number of aliphatic carboxylic acids is 1. The number of halogens is 2. The molecule has 8 nitrogen and oxygen atoms in total. The first-order valence-electron chi connectivity index (χ1n) is 9.72. The van der Waals surface area contributed by atoms with Gasteiger partial charge in [-0.05, 0) is 87.7 Å². The first kappa shape index (κ1) is 25.7. The molecule has 0 radical (unpaired) electrons. The number of phenolic OH excluding ortho intramolecular Hbond substituents is 1. The predicted molar refractivity (Wildman–Crippen MR) is 132 cm³/mol. The Kier molecular flexibility index (Phi) is 8.01. The fourth-order valence-corrected chi connectivity index (χ4v) is 5.46. The zero-order valence-electron chi connectivity index (χ0n) is 17.9. The fraction of sp³-hybridized carbons (Fsp3) is 0.130. The number of phenols is 1. The molecular weight excluding hydrogens is 594 g/mol. The molecule has 0 saturated carbocycles. The Morgan fingerprint density at radius 2 is 1.68 bits per heavy atom. The maximum atomic E-state index is 13.0. The highest BCUT2D eigenvalue weighted by molar-refractivity contribution is 9.11. The average Bonchev–Trinajstić information content (AvgIpc) is 2.77. The molecule has 3 aromatic rings. The van der Waals surface area contributed by atoms with Gasteiger partial charge in [-0.3, -0.25) is 0 Å². The molecule has 2 N–H and O–H groups in total. The van der Waals surface area contributed by atoms with Gasteiger partial charge in [0.05, 0.1) is 20.1 Å². The number of carbonyl (C=O) groups is 1. The van der Waals surface area contributed by atoms with Crippen LogP contribution < -0.4 is 4.74 Å². The van der Waals surface area contributed by atoms with Gasteiger partial charge >= 0.3 is 5.97 Å². The first-order valence-corrected chi connectivity index (χ1v) is 12.8. The van der Waals surface area contributed by atoms with Crippen molar-refractivity contribution < 1.29 is 33.0 Å². The quantitative estimate of drug-likeness (QED) is 0.248. The Morgan fingerprint density at radius 1 is 1.06 bits per heavy atom. The number of nitrogens with zero attached hydrogens (tertiary/aromatic N) is 1. The topological polar surface area (TPSA) is 122 Å². The van der Waals surface area contributed by atoms with Gasteiger partial charge in [-0.25, -0.2) is 13.2 Å². The van der Waals surface area contributed by atoms with Crippen molar-refractivity contribution in [3.63, 3.8) is 0 Å². The molecular formula is C23H19Br2NO7S. The molecule has 178 valence electrons. The van der Waals surface area contributed by atoms with Crippen molar-refractivity contribution in [1.29, 1.82) is 0 Å². The minimum atomic E-state index is -3.98. The molecule has 0 fully saturated rings. The summed E-state index contributed by atoms with van der Waals surface area (Å²) >= 11 is 6.79. The van der Waals surface area contributed by atoms with Crippen molar-refractivity contribution >= 4 is 53.9 Å². The second-order valence-corrected chi connectivity index (χ2v) is 10.8. The summed E-state index contributed by atoms with van der Waals surface area (Å²) in [6.45, 7) is 3.20. The summed E-state index contributed by atoms with van der Waals surface area (Å²) < 4.78 is 33.0. The van der Waals surface area contributed by atoms with Crippen LogP contribution in [0.1, 0.15) is 18.1 Å². The van der Waals surface area contributed by atoms with E-state index in [-0.39, 0.29) is 15.5 Å². The van der Waals surface area contributed by atoms with E-state index in [1.54, 1.807) is 24.3 Å². The number of aromatic hydroxyl groups is 1. The van der Waals surface area contributed by atoms with Crippen molar-refractivity contribution in [2.24, 2.45) is 5.16 Å². The molecule has 11 heteroatoms. The third kappa shape index (κ3) is 5.96. The molecule has 0 aliphatic rings. The Morgan fingerprint density at radius 3 is 2.26 bits per heavy atom. The van der Waals surface area contributed by atoms with Gasteiger partial charge in [0.1, 0.15) is 16.4 Å². The minimum Gasteiger partial charge on any atom is -0.507 e. The summed E-state index contributed by atoms with van der Waals surface area (Å²) in [5.74, 6) is -1.000. The highest BCUT2D eigenvalue weighted by Gasteiger charge is 2.23. The van der Waals surface area contributed by atoms with Gasteiger partial charge in [-0.2, -0.15) is 0 Å². The monoisotopic (exact) mass is 611 g/mol. The van der Waals surface area contributed by atoms with E-state index in [2.05, 4.69) is 37.0 Å². The molecule has 0 spiro atoms. The van der Waals surface area contributed by atoms with Crippen LogP contribution in [-0.2, 0) is 19.5 Å². The summed E-state index contributed by atoms with van der Waals surface area (Å²) in [7, 11) is -3.98. The van der Waals surface area contributed by atoms with Crippen molar-refractivity contribution in [2.45, 2.75) is 29.7 Å². The summed E-state index contributed by atoms with van der Waals surface area (Å²) in [4.78, 5) is 15.4. The van der Waals surface area contributed by atoms with Crippen molar-refractivity contribution in [2.75, 3.05) is 0 Å². The smallest absolute Gasteiger partial charge is 0.347 e. The van der Waals surface area contributed by atoms with Gasteiger partial charge in [0.15, 0.2) is 5.75 Å². The molecule has 0 aromatic heterocycles. The molecule has 0 heterocycles. The zero-order valence-corrected chi connectivity index (χ0v) is 21.9. The van der Waals surface area contributed by atoms with Crippen LogP contribution in [0.15, 0.2) is 78.5 Å². The van der Waals surface area contributed by atoms with E-state index < -0.39 is 27.7 Å². The number of hydrogen-bond acceptors (Lipinski definition) is 7. The molecule has 1 atom stereocenters. The second-order valence-electron chi connectivity index (χ2n) is 7.18. The van der Waals surface area contributed by atoms with E-state index in [0.29, 0.717) is 20.3 Å². The normalized spacial score (nSPS) is 12.5. The van der Waals surface area contributed by atoms with Gasteiger partial charge in [0.25, 0.3) is 0 Å². The number of ether oxygens (including phenoxy) is 1. The highest BCUT2D eigenvalue weighted by Crippen LogP contribution is 2.40. The molecule has 0 amide bonds. The zero-order chi connectivity index (χ0) is 25.0. The van der Waals surface area contributed by atoms with Gasteiger partial charge < -0.3 is 19.8 Å². The number of benzene rings is 3. The summed E-state index contributed by atoms with van der Waals surface area (Å²) in [6.07, 6.45) is 0.247. The van der Waals surface area contributed by atoms with Crippen molar-refractivity contribution in [3.8, 4) is 17.2 Å². The summed E-state index contributed by atoms with van der Waals surface area (Å²) in [5.41, 5.74) is 1.49. The first-order chi connectivity index (χ1) is 16.0. The van der Waals surface area contributed by atoms with Gasteiger partial charge in [-0.15, -0.1) is 0 Å². The van der Waals surface area contributed by atoms with Crippen LogP contribution >= 0.6 is 31.9 Å². The van der Waals surface area contributed by atoms with E-state index in [9.17, 15) is 18.3 Å². The van der Waals surface area contributed by atoms with Crippen LogP contribution in [0.2, 0.25) is 0 Å². The van der Waals surface area contributed by atoms with Crippen LogP contribution in [0.25, 0.3) is 0 Å². The lowest BCUT2D eigenvalue weighted by molar-refractivity contribution is -0.149. The van der Waals surface area contributed by atoms with E-state index in [4.69, 9.17) is 14.7 Å². The SMILES string of the molecule is Cc1ccc(S(=O)(=O)c2cc(Oc3c(Br)cc(/C=N\OC(C)C(=O)O)cc3Br)ccc2O)cc1. The van der Waals surface area contributed by atoms with Crippen molar-refractivity contribution in [3.05, 3.63) is 74.7 Å². The number of carboxylic acids is 1. The van der Waals surface area contributed by atoms with Crippen LogP contribution in [0.5, 0.6) is 17.2 Å². The molecule has 0 aliphatic heterocycles. The molecule has 3 aromatic carbocycles. The number of hydrogen-bond donors (Lipinski definition) is 2. The summed E-state index contributed by atoms with van der Waals surface area (Å²) in [5, 5.41) is 22.7. The maximum Gasteiger partial charge on any atom is 0.347 e. The molecule has 34 heavy (non-hydrogen) atoms. The summed E-state index contributed by atoms with van der Waals surface area (Å²) in [6, 6.07) is 13.6. The van der Waals surface area contributed by atoms with Gasteiger partial charge in [0.2, 0.25) is 15.9 Å². The molecule has 0 aliphatic carbocycles. The molecule has 0 bridgehead atoms.